The number of carbonyl (C=O) groups excluding carboxylic acids is 1. The third-order valence-electron chi connectivity index (χ3n) is 4.78. The third-order valence-corrected chi connectivity index (χ3v) is 4.78. The van der Waals surface area contributed by atoms with E-state index in [9.17, 15) is 4.79 Å². The molecule has 1 aliphatic rings. The van der Waals surface area contributed by atoms with Gasteiger partial charge in [0.25, 0.3) is 0 Å². The summed E-state index contributed by atoms with van der Waals surface area (Å²) >= 11 is 0. The Bertz CT molecular complexity index is 315. The maximum atomic E-state index is 11.6. The van der Waals surface area contributed by atoms with Crippen LogP contribution < -0.4 is 5.32 Å². The summed E-state index contributed by atoms with van der Waals surface area (Å²) in [6, 6.07) is 0. The van der Waals surface area contributed by atoms with Gasteiger partial charge >= 0.3 is 5.97 Å². The fourth-order valence-corrected chi connectivity index (χ4v) is 3.35. The number of ether oxygens (including phenoxy) is 1. The van der Waals surface area contributed by atoms with Gasteiger partial charge in [-0.3, -0.25) is 4.79 Å². The fourth-order valence-electron chi connectivity index (χ4n) is 3.35. The molecule has 1 saturated heterocycles. The number of aliphatic hydroxyl groups is 1. The number of likely N-dealkylation sites (tertiary alicyclic amines) is 1. The van der Waals surface area contributed by atoms with Crippen LogP contribution in [0.5, 0.6) is 0 Å². The Morgan fingerprint density at radius 1 is 1.35 bits per heavy atom. The minimum absolute atomic E-state index is 0.149. The first-order valence-electron chi connectivity index (χ1n) is 9.26. The van der Waals surface area contributed by atoms with Crippen LogP contribution in [0.1, 0.15) is 46.5 Å². The summed E-state index contributed by atoms with van der Waals surface area (Å²) in [4.78, 5) is 13.9. The summed E-state index contributed by atoms with van der Waals surface area (Å²) in [5, 5.41) is 12.2. The lowest BCUT2D eigenvalue weighted by atomic mass is 9.81. The number of β-amino-alcohol motifs (C(OH)–C–C–N with tert-alkyl or cyclic N) is 1. The van der Waals surface area contributed by atoms with Gasteiger partial charge in [0.15, 0.2) is 0 Å². The molecule has 0 saturated carbocycles. The number of carbonyl (C=O) groups is 1. The minimum atomic E-state index is -0.149. The third kappa shape index (κ3) is 8.68. The van der Waals surface area contributed by atoms with E-state index in [0.29, 0.717) is 19.1 Å². The van der Waals surface area contributed by atoms with Crippen molar-refractivity contribution in [1.29, 1.82) is 0 Å². The average molecular weight is 328 g/mol. The van der Waals surface area contributed by atoms with Crippen molar-refractivity contribution in [1.82, 2.24) is 10.2 Å². The highest BCUT2D eigenvalue weighted by molar-refractivity contribution is 5.71. The summed E-state index contributed by atoms with van der Waals surface area (Å²) in [6.07, 6.45) is 4.78. The largest absolute Gasteiger partial charge is 0.464 e. The summed E-state index contributed by atoms with van der Waals surface area (Å²) in [6.45, 7) is 11.3. The van der Waals surface area contributed by atoms with Crippen LogP contribution >= 0.6 is 0 Å². The number of rotatable bonds is 11. The van der Waals surface area contributed by atoms with Crippen LogP contribution in [0.3, 0.4) is 0 Å². The molecule has 5 heteroatoms. The molecule has 0 amide bonds. The van der Waals surface area contributed by atoms with Gasteiger partial charge in [-0.05, 0) is 56.7 Å². The number of nitrogens with one attached hydrogen (secondary N) is 1. The number of nitrogens with zero attached hydrogens (tertiary/aromatic N) is 1. The minimum Gasteiger partial charge on any atom is -0.464 e. The lowest BCUT2D eigenvalue weighted by Gasteiger charge is -2.35. The first-order chi connectivity index (χ1) is 11.1. The van der Waals surface area contributed by atoms with Crippen LogP contribution in [0.4, 0.5) is 0 Å². The molecule has 2 N–H and O–H groups in total. The second-order valence-corrected chi connectivity index (χ2v) is 7.11. The zero-order valence-corrected chi connectivity index (χ0v) is 15.2. The molecule has 1 fully saturated rings. The molecule has 1 aliphatic heterocycles. The highest BCUT2D eigenvalue weighted by Gasteiger charge is 2.24. The Hall–Kier alpha value is -0.650. The molecule has 1 atom stereocenters. The molecule has 0 bridgehead atoms. The van der Waals surface area contributed by atoms with Gasteiger partial charge in [0.2, 0.25) is 0 Å². The molecule has 136 valence electrons. The zero-order valence-electron chi connectivity index (χ0n) is 15.2. The highest BCUT2D eigenvalue weighted by atomic mass is 16.5. The molecule has 0 aromatic carbocycles. The van der Waals surface area contributed by atoms with Crippen molar-refractivity contribution < 1.29 is 14.6 Å². The molecular formula is C18H36N2O3. The van der Waals surface area contributed by atoms with E-state index in [1.54, 1.807) is 0 Å². The molecule has 1 unspecified atom stereocenters. The molecule has 1 rings (SSSR count). The second-order valence-electron chi connectivity index (χ2n) is 7.11. The second kappa shape index (κ2) is 11.8. The first kappa shape index (κ1) is 20.4. The van der Waals surface area contributed by atoms with Gasteiger partial charge in [0, 0.05) is 6.54 Å². The lowest BCUT2D eigenvalue weighted by molar-refractivity contribution is -0.143. The van der Waals surface area contributed by atoms with E-state index < -0.39 is 0 Å². The molecule has 0 aromatic rings. The zero-order chi connectivity index (χ0) is 17.1. The Balaban J connectivity index is 2.15. The molecule has 5 nitrogen and oxygen atoms in total. The fraction of sp³-hybridized carbons (Fsp3) is 0.944. The van der Waals surface area contributed by atoms with Gasteiger partial charge in [0.05, 0.1) is 19.8 Å². The van der Waals surface area contributed by atoms with Crippen molar-refractivity contribution in [3.63, 3.8) is 0 Å². The predicted molar refractivity (Wildman–Crippen MR) is 93.3 cm³/mol. The lowest BCUT2D eigenvalue weighted by Crippen LogP contribution is -2.38. The predicted octanol–water partition coefficient (Wildman–Crippen LogP) is 1.90. The number of piperidine rings is 1. The van der Waals surface area contributed by atoms with Crippen LogP contribution in [-0.2, 0) is 9.53 Å². The summed E-state index contributed by atoms with van der Waals surface area (Å²) in [7, 11) is 0. The molecule has 0 spiro atoms. The van der Waals surface area contributed by atoms with Crippen molar-refractivity contribution in [2.75, 3.05) is 45.9 Å². The monoisotopic (exact) mass is 328 g/mol. The smallest absolute Gasteiger partial charge is 0.319 e. The van der Waals surface area contributed by atoms with Crippen LogP contribution in [0, 0.1) is 17.8 Å². The first-order valence-corrected chi connectivity index (χ1v) is 9.26. The normalized spacial score (nSPS) is 18.3. The van der Waals surface area contributed by atoms with Crippen molar-refractivity contribution in [2.45, 2.75) is 46.5 Å². The maximum Gasteiger partial charge on any atom is 0.319 e. The topological polar surface area (TPSA) is 61.8 Å². The van der Waals surface area contributed by atoms with E-state index in [1.807, 2.05) is 13.8 Å². The van der Waals surface area contributed by atoms with Gasteiger partial charge in [-0.2, -0.15) is 0 Å². The SMILES string of the molecule is CCC(CCNCC(=O)OCC(C)C)C1CCN(CCO)CC1. The standard InChI is InChI=1S/C18H36N2O3/c1-4-16(17-6-9-20(10-7-17)11-12-21)5-8-19-13-18(22)23-14-15(2)3/h15-17,19,21H,4-14H2,1-3H3. The van der Waals surface area contributed by atoms with Gasteiger partial charge in [0.1, 0.15) is 0 Å². The van der Waals surface area contributed by atoms with Crippen molar-refractivity contribution in [3.8, 4) is 0 Å². The van der Waals surface area contributed by atoms with Gasteiger partial charge in [-0.25, -0.2) is 0 Å². The molecule has 23 heavy (non-hydrogen) atoms. The quantitative estimate of drug-likeness (QED) is 0.448. The Morgan fingerprint density at radius 2 is 2.04 bits per heavy atom. The highest BCUT2D eigenvalue weighted by Crippen LogP contribution is 2.29. The number of aliphatic hydroxyl groups excluding tert-OH is 1. The molecule has 0 aliphatic carbocycles. The molecule has 0 aromatic heterocycles. The van der Waals surface area contributed by atoms with E-state index in [2.05, 4.69) is 17.1 Å². The van der Waals surface area contributed by atoms with Crippen LogP contribution in [0.2, 0.25) is 0 Å². The van der Waals surface area contributed by atoms with E-state index in [1.165, 1.54) is 19.3 Å². The summed E-state index contributed by atoms with van der Waals surface area (Å²) in [5.41, 5.74) is 0. The van der Waals surface area contributed by atoms with Gasteiger partial charge in [-0.15, -0.1) is 0 Å². The van der Waals surface area contributed by atoms with E-state index in [0.717, 1.165) is 44.4 Å². The summed E-state index contributed by atoms with van der Waals surface area (Å²) in [5.74, 6) is 1.75. The van der Waals surface area contributed by atoms with Crippen molar-refractivity contribution >= 4 is 5.97 Å². The average Bonchev–Trinajstić information content (AvgIpc) is 2.54. The van der Waals surface area contributed by atoms with Crippen molar-refractivity contribution in [2.24, 2.45) is 17.8 Å². The van der Waals surface area contributed by atoms with Gasteiger partial charge in [-0.1, -0.05) is 27.2 Å². The molecule has 1 heterocycles. The number of esters is 1. The Morgan fingerprint density at radius 3 is 2.61 bits per heavy atom. The van der Waals surface area contributed by atoms with Gasteiger partial charge < -0.3 is 20.1 Å². The number of hydrogen-bond donors (Lipinski definition) is 2. The van der Waals surface area contributed by atoms with Crippen molar-refractivity contribution in [3.05, 3.63) is 0 Å². The Kier molecular flexibility index (Phi) is 10.5. The molecule has 0 radical (unpaired) electrons. The van der Waals surface area contributed by atoms with E-state index in [-0.39, 0.29) is 12.6 Å². The van der Waals surface area contributed by atoms with Crippen LogP contribution in [0.15, 0.2) is 0 Å². The van der Waals surface area contributed by atoms with E-state index in [4.69, 9.17) is 9.84 Å². The molecular weight excluding hydrogens is 292 g/mol. The maximum absolute atomic E-state index is 11.6. The number of hydrogen-bond acceptors (Lipinski definition) is 5. The Labute approximate surface area is 141 Å². The van der Waals surface area contributed by atoms with E-state index >= 15 is 0 Å². The van der Waals surface area contributed by atoms with Crippen LogP contribution in [-0.4, -0.2) is 61.9 Å². The van der Waals surface area contributed by atoms with Crippen LogP contribution in [0.25, 0.3) is 0 Å². The summed E-state index contributed by atoms with van der Waals surface area (Å²) < 4.78 is 5.16.